The fourth-order valence-corrected chi connectivity index (χ4v) is 1.47. The quantitative estimate of drug-likeness (QED) is 0.538. The lowest BCUT2D eigenvalue weighted by molar-refractivity contribution is -0.138. The van der Waals surface area contributed by atoms with Gasteiger partial charge in [-0.2, -0.15) is 0 Å². The van der Waals surface area contributed by atoms with E-state index >= 15 is 0 Å². The molecular weight excluding hydrogens is 206 g/mol. The third-order valence-electron chi connectivity index (χ3n) is 1.56. The SMILES string of the molecule is CC(O)C(=O)SCCCC(N)C(=O)O. The third kappa shape index (κ3) is 5.95. The summed E-state index contributed by atoms with van der Waals surface area (Å²) >= 11 is 1.00. The van der Waals surface area contributed by atoms with Gasteiger partial charge in [0.2, 0.25) is 5.12 Å². The summed E-state index contributed by atoms with van der Waals surface area (Å²) in [5, 5.41) is 17.0. The molecule has 0 aromatic heterocycles. The number of carboxylic acid groups (broad SMARTS) is 1. The van der Waals surface area contributed by atoms with Crippen molar-refractivity contribution in [2.24, 2.45) is 5.73 Å². The van der Waals surface area contributed by atoms with Crippen molar-refractivity contribution in [3.8, 4) is 0 Å². The van der Waals surface area contributed by atoms with Crippen molar-refractivity contribution < 1.29 is 19.8 Å². The molecule has 2 unspecified atom stereocenters. The predicted molar refractivity (Wildman–Crippen MR) is 54.0 cm³/mol. The average molecular weight is 221 g/mol. The Kier molecular flexibility index (Phi) is 6.52. The Labute approximate surface area is 86.7 Å². The monoisotopic (exact) mass is 221 g/mol. The van der Waals surface area contributed by atoms with Gasteiger partial charge >= 0.3 is 5.97 Å². The fraction of sp³-hybridized carbons (Fsp3) is 0.750. The summed E-state index contributed by atoms with van der Waals surface area (Å²) in [5.41, 5.74) is 5.25. The molecule has 0 saturated heterocycles. The standard InChI is InChI=1S/C8H15NO4S/c1-5(10)8(13)14-4-2-3-6(9)7(11)12/h5-6,10H,2-4,9H2,1H3,(H,11,12). The molecule has 0 saturated carbocycles. The van der Waals surface area contributed by atoms with Gasteiger partial charge in [0, 0.05) is 5.75 Å². The van der Waals surface area contributed by atoms with Gasteiger partial charge in [-0.05, 0) is 19.8 Å². The second kappa shape index (κ2) is 6.80. The Morgan fingerprint density at radius 3 is 2.50 bits per heavy atom. The van der Waals surface area contributed by atoms with E-state index in [0.717, 1.165) is 11.8 Å². The summed E-state index contributed by atoms with van der Waals surface area (Å²) < 4.78 is 0. The molecule has 0 amide bonds. The van der Waals surface area contributed by atoms with Crippen molar-refractivity contribution >= 4 is 22.8 Å². The zero-order valence-corrected chi connectivity index (χ0v) is 8.79. The molecule has 0 aliphatic carbocycles. The highest BCUT2D eigenvalue weighted by molar-refractivity contribution is 8.13. The van der Waals surface area contributed by atoms with Crippen LogP contribution in [0.5, 0.6) is 0 Å². The molecule has 0 bridgehead atoms. The fourth-order valence-electron chi connectivity index (χ4n) is 0.720. The Balaban J connectivity index is 3.47. The van der Waals surface area contributed by atoms with Crippen molar-refractivity contribution in [1.82, 2.24) is 0 Å². The molecule has 0 fully saturated rings. The first-order valence-corrected chi connectivity index (χ1v) is 5.26. The Morgan fingerprint density at radius 2 is 2.07 bits per heavy atom. The van der Waals surface area contributed by atoms with Crippen LogP contribution in [-0.4, -0.2) is 39.2 Å². The zero-order chi connectivity index (χ0) is 11.1. The van der Waals surface area contributed by atoms with Gasteiger partial charge in [-0.1, -0.05) is 11.8 Å². The van der Waals surface area contributed by atoms with E-state index < -0.39 is 18.1 Å². The van der Waals surface area contributed by atoms with Crippen LogP contribution in [0, 0.1) is 0 Å². The molecule has 0 radical (unpaired) electrons. The van der Waals surface area contributed by atoms with E-state index in [-0.39, 0.29) is 5.12 Å². The number of thioether (sulfide) groups is 1. The van der Waals surface area contributed by atoms with E-state index in [9.17, 15) is 9.59 Å². The van der Waals surface area contributed by atoms with Gasteiger partial charge in [0.15, 0.2) is 0 Å². The van der Waals surface area contributed by atoms with E-state index in [1.165, 1.54) is 6.92 Å². The normalized spacial score (nSPS) is 14.8. The molecule has 4 N–H and O–H groups in total. The number of hydrogen-bond acceptors (Lipinski definition) is 5. The second-order valence-electron chi connectivity index (χ2n) is 2.93. The van der Waals surface area contributed by atoms with Crippen molar-refractivity contribution in [2.75, 3.05) is 5.75 Å². The lowest BCUT2D eigenvalue weighted by Crippen LogP contribution is -2.30. The molecule has 0 spiro atoms. The van der Waals surface area contributed by atoms with Crippen molar-refractivity contribution in [2.45, 2.75) is 31.9 Å². The summed E-state index contributed by atoms with van der Waals surface area (Å²) in [6.45, 7) is 1.40. The molecule has 14 heavy (non-hydrogen) atoms. The molecule has 0 aliphatic heterocycles. The van der Waals surface area contributed by atoms with E-state index in [1.807, 2.05) is 0 Å². The topological polar surface area (TPSA) is 101 Å². The van der Waals surface area contributed by atoms with Crippen LogP contribution in [0.3, 0.4) is 0 Å². The molecule has 0 aromatic rings. The number of carbonyl (C=O) groups is 2. The number of carboxylic acids is 1. The van der Waals surface area contributed by atoms with Crippen molar-refractivity contribution in [3.05, 3.63) is 0 Å². The molecule has 0 rings (SSSR count). The lowest BCUT2D eigenvalue weighted by Gasteiger charge is -2.05. The van der Waals surface area contributed by atoms with Gasteiger partial charge in [0.05, 0.1) is 0 Å². The molecule has 6 heteroatoms. The number of aliphatic hydroxyl groups is 1. The lowest BCUT2D eigenvalue weighted by atomic mass is 10.2. The molecule has 2 atom stereocenters. The first kappa shape index (κ1) is 13.4. The summed E-state index contributed by atoms with van der Waals surface area (Å²) in [6.07, 6.45) is -0.0698. The number of aliphatic carboxylic acids is 1. The largest absolute Gasteiger partial charge is 0.480 e. The molecule has 82 valence electrons. The van der Waals surface area contributed by atoms with Crippen LogP contribution in [-0.2, 0) is 9.59 Å². The minimum Gasteiger partial charge on any atom is -0.480 e. The van der Waals surface area contributed by atoms with E-state index in [0.29, 0.717) is 18.6 Å². The van der Waals surface area contributed by atoms with Crippen LogP contribution in [0.25, 0.3) is 0 Å². The smallest absolute Gasteiger partial charge is 0.320 e. The number of hydrogen-bond donors (Lipinski definition) is 3. The average Bonchev–Trinajstić information content (AvgIpc) is 2.11. The number of rotatable bonds is 6. The minimum absolute atomic E-state index is 0.297. The molecule has 0 aliphatic rings. The van der Waals surface area contributed by atoms with Crippen molar-refractivity contribution in [1.29, 1.82) is 0 Å². The van der Waals surface area contributed by atoms with E-state index in [2.05, 4.69) is 0 Å². The number of carbonyl (C=O) groups excluding carboxylic acids is 1. The van der Waals surface area contributed by atoms with Gasteiger partial charge in [-0.15, -0.1) is 0 Å². The molecular formula is C8H15NO4S. The van der Waals surface area contributed by atoms with Gasteiger partial charge in [0.25, 0.3) is 0 Å². The number of aliphatic hydroxyl groups excluding tert-OH is 1. The van der Waals surface area contributed by atoms with Crippen LogP contribution >= 0.6 is 11.8 Å². The van der Waals surface area contributed by atoms with Crippen LogP contribution in [0.4, 0.5) is 0 Å². The van der Waals surface area contributed by atoms with Crippen LogP contribution in [0.1, 0.15) is 19.8 Å². The maximum Gasteiger partial charge on any atom is 0.320 e. The van der Waals surface area contributed by atoms with Gasteiger partial charge < -0.3 is 15.9 Å². The van der Waals surface area contributed by atoms with Gasteiger partial charge in [-0.3, -0.25) is 9.59 Å². The summed E-state index contributed by atoms with van der Waals surface area (Å²) in [4.78, 5) is 21.2. The van der Waals surface area contributed by atoms with Crippen LogP contribution < -0.4 is 5.73 Å². The highest BCUT2D eigenvalue weighted by Gasteiger charge is 2.12. The maximum atomic E-state index is 10.9. The van der Waals surface area contributed by atoms with Gasteiger partial charge in [-0.25, -0.2) is 0 Å². The van der Waals surface area contributed by atoms with Gasteiger partial charge in [0.1, 0.15) is 12.1 Å². The first-order valence-electron chi connectivity index (χ1n) is 4.28. The minimum atomic E-state index is -1.03. The third-order valence-corrected chi connectivity index (χ3v) is 2.68. The first-order chi connectivity index (χ1) is 6.45. The molecule has 0 aromatic carbocycles. The summed E-state index contributed by atoms with van der Waals surface area (Å²) in [6, 6.07) is -0.864. The summed E-state index contributed by atoms with van der Waals surface area (Å²) in [7, 11) is 0. The highest BCUT2D eigenvalue weighted by Crippen LogP contribution is 2.09. The van der Waals surface area contributed by atoms with E-state index in [4.69, 9.17) is 15.9 Å². The Bertz CT molecular complexity index is 208. The van der Waals surface area contributed by atoms with Crippen LogP contribution in [0.2, 0.25) is 0 Å². The second-order valence-corrected chi connectivity index (χ2v) is 4.03. The van der Waals surface area contributed by atoms with Crippen LogP contribution in [0.15, 0.2) is 0 Å². The maximum absolute atomic E-state index is 10.9. The highest BCUT2D eigenvalue weighted by atomic mass is 32.2. The number of nitrogens with two attached hydrogens (primary N) is 1. The Hall–Kier alpha value is -0.590. The molecule has 0 heterocycles. The predicted octanol–water partition coefficient (Wildman–Crippen LogP) is -0.181. The summed E-state index contributed by atoms with van der Waals surface area (Å²) in [5.74, 6) is -0.540. The van der Waals surface area contributed by atoms with E-state index in [1.54, 1.807) is 0 Å². The van der Waals surface area contributed by atoms with Crippen molar-refractivity contribution in [3.63, 3.8) is 0 Å². The molecule has 5 nitrogen and oxygen atoms in total. The zero-order valence-electron chi connectivity index (χ0n) is 7.97. The Morgan fingerprint density at radius 1 is 1.50 bits per heavy atom.